The van der Waals surface area contributed by atoms with Crippen molar-refractivity contribution in [3.63, 3.8) is 0 Å². The second-order valence-electron chi connectivity index (χ2n) is 5.59. The number of rotatable bonds is 4. The molecule has 0 aliphatic heterocycles. The number of fused-ring (bicyclic) bond motifs is 1. The Balaban J connectivity index is 2.15. The van der Waals surface area contributed by atoms with Gasteiger partial charge in [0.25, 0.3) is 0 Å². The van der Waals surface area contributed by atoms with E-state index in [1.54, 1.807) is 31.2 Å². The van der Waals surface area contributed by atoms with Gasteiger partial charge in [0.15, 0.2) is 5.75 Å². The first-order chi connectivity index (χ1) is 11.9. The molecule has 128 valence electrons. The summed E-state index contributed by atoms with van der Waals surface area (Å²) in [6, 6.07) is 8.08. The van der Waals surface area contributed by atoms with Crippen LogP contribution < -0.4 is 4.74 Å². The van der Waals surface area contributed by atoms with Crippen molar-refractivity contribution >= 4 is 34.3 Å². The van der Waals surface area contributed by atoms with Gasteiger partial charge in [-0.2, -0.15) is 0 Å². The SMILES string of the molecule is CC(=O)Oc1c(C(=O)c2cc(C(C)O)ccn2)[nH]c2cc(Cl)ccc12. The Kier molecular flexibility index (Phi) is 4.57. The molecular formula is C18H15ClN2O4. The fraction of sp³-hybridized carbons (Fsp3) is 0.167. The number of aromatic amines is 1. The van der Waals surface area contributed by atoms with Gasteiger partial charge in [0, 0.05) is 23.5 Å². The Hall–Kier alpha value is -2.70. The number of hydrogen-bond donors (Lipinski definition) is 2. The lowest BCUT2D eigenvalue weighted by atomic mass is 10.1. The molecule has 1 aromatic carbocycles. The Morgan fingerprint density at radius 3 is 2.72 bits per heavy atom. The van der Waals surface area contributed by atoms with Crippen LogP contribution in [0.25, 0.3) is 10.9 Å². The van der Waals surface area contributed by atoms with Gasteiger partial charge in [-0.1, -0.05) is 11.6 Å². The van der Waals surface area contributed by atoms with E-state index in [1.807, 2.05) is 0 Å². The number of aliphatic hydroxyl groups is 1. The molecule has 7 heteroatoms. The second-order valence-corrected chi connectivity index (χ2v) is 6.03. The van der Waals surface area contributed by atoms with E-state index in [1.165, 1.54) is 19.2 Å². The quantitative estimate of drug-likeness (QED) is 0.550. The fourth-order valence-corrected chi connectivity index (χ4v) is 2.68. The first-order valence-corrected chi connectivity index (χ1v) is 7.93. The van der Waals surface area contributed by atoms with E-state index in [0.29, 0.717) is 21.5 Å². The van der Waals surface area contributed by atoms with E-state index in [2.05, 4.69) is 9.97 Å². The first-order valence-electron chi connectivity index (χ1n) is 7.55. The molecule has 1 atom stereocenters. The Bertz CT molecular complexity index is 978. The summed E-state index contributed by atoms with van der Waals surface area (Å²) in [5.74, 6) is -0.866. The highest BCUT2D eigenvalue weighted by Crippen LogP contribution is 2.33. The Morgan fingerprint density at radius 1 is 1.28 bits per heavy atom. The number of benzene rings is 1. The van der Waals surface area contributed by atoms with Crippen LogP contribution in [0, 0.1) is 0 Å². The highest BCUT2D eigenvalue weighted by Gasteiger charge is 2.23. The molecule has 2 heterocycles. The standard InChI is InChI=1S/C18H15ClN2O4/c1-9(22)11-5-6-20-15(7-11)17(24)16-18(25-10(2)23)13-4-3-12(19)8-14(13)21-16/h3-9,21-22H,1-2H3. The predicted molar refractivity (Wildman–Crippen MR) is 92.9 cm³/mol. The summed E-state index contributed by atoms with van der Waals surface area (Å²) in [6.45, 7) is 2.86. The van der Waals surface area contributed by atoms with Crippen molar-refractivity contribution in [1.82, 2.24) is 9.97 Å². The molecule has 1 unspecified atom stereocenters. The van der Waals surface area contributed by atoms with Crippen molar-refractivity contribution in [2.24, 2.45) is 0 Å². The van der Waals surface area contributed by atoms with Crippen LogP contribution in [-0.2, 0) is 4.79 Å². The van der Waals surface area contributed by atoms with Crippen molar-refractivity contribution in [2.45, 2.75) is 20.0 Å². The maximum Gasteiger partial charge on any atom is 0.308 e. The molecule has 0 saturated heterocycles. The van der Waals surface area contributed by atoms with E-state index in [4.69, 9.17) is 16.3 Å². The number of aromatic nitrogens is 2. The minimum Gasteiger partial charge on any atom is -0.424 e. The van der Waals surface area contributed by atoms with Gasteiger partial charge >= 0.3 is 5.97 Å². The number of ketones is 1. The molecule has 0 aliphatic rings. The summed E-state index contributed by atoms with van der Waals surface area (Å²) in [5.41, 5.74) is 1.36. The van der Waals surface area contributed by atoms with E-state index in [0.717, 1.165) is 0 Å². The van der Waals surface area contributed by atoms with E-state index < -0.39 is 17.9 Å². The number of carbonyl (C=O) groups is 2. The number of ether oxygens (including phenoxy) is 1. The maximum atomic E-state index is 12.9. The molecule has 25 heavy (non-hydrogen) atoms. The van der Waals surface area contributed by atoms with Gasteiger partial charge in [-0.15, -0.1) is 0 Å². The minimum absolute atomic E-state index is 0.0997. The van der Waals surface area contributed by atoms with E-state index >= 15 is 0 Å². The molecular weight excluding hydrogens is 344 g/mol. The smallest absolute Gasteiger partial charge is 0.308 e. The van der Waals surface area contributed by atoms with Crippen LogP contribution in [0.3, 0.4) is 0 Å². The van der Waals surface area contributed by atoms with Gasteiger partial charge in [0.2, 0.25) is 5.78 Å². The van der Waals surface area contributed by atoms with Crippen LogP contribution in [0.2, 0.25) is 5.02 Å². The highest BCUT2D eigenvalue weighted by molar-refractivity contribution is 6.31. The molecule has 0 saturated carbocycles. The normalized spacial score (nSPS) is 12.2. The average molecular weight is 359 g/mol. The van der Waals surface area contributed by atoms with Crippen LogP contribution in [0.4, 0.5) is 0 Å². The first kappa shape index (κ1) is 17.1. The van der Waals surface area contributed by atoms with Gasteiger partial charge in [0.05, 0.1) is 11.6 Å². The maximum absolute atomic E-state index is 12.9. The van der Waals surface area contributed by atoms with Gasteiger partial charge in [0.1, 0.15) is 11.4 Å². The molecule has 3 rings (SSSR count). The molecule has 0 fully saturated rings. The minimum atomic E-state index is -0.732. The number of hydrogen-bond acceptors (Lipinski definition) is 5. The van der Waals surface area contributed by atoms with E-state index in [9.17, 15) is 14.7 Å². The molecule has 3 aromatic rings. The molecule has 0 aliphatic carbocycles. The second kappa shape index (κ2) is 6.66. The molecule has 2 N–H and O–H groups in total. The van der Waals surface area contributed by atoms with Crippen molar-refractivity contribution in [1.29, 1.82) is 0 Å². The summed E-state index contributed by atoms with van der Waals surface area (Å²) >= 11 is 5.99. The number of carbonyl (C=O) groups excluding carboxylic acids is 2. The van der Waals surface area contributed by atoms with Crippen LogP contribution >= 0.6 is 11.6 Å². The Morgan fingerprint density at radius 2 is 2.04 bits per heavy atom. The summed E-state index contributed by atoms with van der Waals surface area (Å²) in [7, 11) is 0. The Labute approximate surface area is 148 Å². The monoisotopic (exact) mass is 358 g/mol. The third-order valence-corrected chi connectivity index (χ3v) is 3.92. The molecule has 0 amide bonds. The third kappa shape index (κ3) is 3.40. The fourth-order valence-electron chi connectivity index (χ4n) is 2.51. The number of H-pyrrole nitrogens is 1. The van der Waals surface area contributed by atoms with Gasteiger partial charge in [-0.25, -0.2) is 0 Å². The van der Waals surface area contributed by atoms with Crippen LogP contribution in [-0.4, -0.2) is 26.8 Å². The molecule has 2 aromatic heterocycles. The predicted octanol–water partition coefficient (Wildman–Crippen LogP) is 3.43. The summed E-state index contributed by atoms with van der Waals surface area (Å²) in [4.78, 5) is 31.3. The van der Waals surface area contributed by atoms with Crippen molar-refractivity contribution in [2.75, 3.05) is 0 Å². The van der Waals surface area contributed by atoms with Crippen LogP contribution in [0.1, 0.15) is 41.7 Å². The van der Waals surface area contributed by atoms with Gasteiger partial charge in [-0.05, 0) is 42.8 Å². The number of esters is 1. The van der Waals surface area contributed by atoms with Gasteiger partial charge in [-0.3, -0.25) is 14.6 Å². The van der Waals surface area contributed by atoms with Crippen molar-refractivity contribution in [3.05, 3.63) is 58.5 Å². The zero-order valence-electron chi connectivity index (χ0n) is 13.5. The summed E-state index contributed by atoms with van der Waals surface area (Å²) < 4.78 is 5.25. The highest BCUT2D eigenvalue weighted by atomic mass is 35.5. The topological polar surface area (TPSA) is 92.3 Å². The molecule has 0 spiro atoms. The van der Waals surface area contributed by atoms with Crippen molar-refractivity contribution < 1.29 is 19.4 Å². The summed E-state index contributed by atoms with van der Waals surface area (Å²) in [6.07, 6.45) is 0.712. The lowest BCUT2D eigenvalue weighted by Gasteiger charge is -2.07. The average Bonchev–Trinajstić information content (AvgIpc) is 2.91. The van der Waals surface area contributed by atoms with Crippen LogP contribution in [0.5, 0.6) is 5.75 Å². The molecule has 0 radical (unpaired) electrons. The largest absolute Gasteiger partial charge is 0.424 e. The van der Waals surface area contributed by atoms with Gasteiger partial charge < -0.3 is 14.8 Å². The lowest BCUT2D eigenvalue weighted by molar-refractivity contribution is -0.131. The number of aliphatic hydroxyl groups excluding tert-OH is 1. The number of nitrogens with zero attached hydrogens (tertiary/aromatic N) is 1. The number of pyridine rings is 1. The zero-order chi connectivity index (χ0) is 18.1. The number of halogens is 1. The van der Waals surface area contributed by atoms with E-state index in [-0.39, 0.29) is 17.1 Å². The van der Waals surface area contributed by atoms with Crippen LogP contribution in [0.15, 0.2) is 36.5 Å². The lowest BCUT2D eigenvalue weighted by Crippen LogP contribution is -2.10. The summed E-state index contributed by atoms with van der Waals surface area (Å²) in [5, 5.41) is 10.7. The van der Waals surface area contributed by atoms with Crippen molar-refractivity contribution in [3.8, 4) is 5.75 Å². The molecule has 6 nitrogen and oxygen atoms in total. The third-order valence-electron chi connectivity index (χ3n) is 3.68. The molecule has 0 bridgehead atoms. The number of nitrogens with one attached hydrogen (secondary N) is 1. The zero-order valence-corrected chi connectivity index (χ0v) is 14.3.